The molecule has 0 N–H and O–H groups in total. The van der Waals surface area contributed by atoms with Crippen molar-refractivity contribution in [3.8, 4) is 22.3 Å². The van der Waals surface area contributed by atoms with Gasteiger partial charge in [-0.05, 0) is 70.1 Å². The minimum atomic E-state index is 0.758. The van der Waals surface area contributed by atoms with Gasteiger partial charge in [0.1, 0.15) is 11.1 Å². The normalized spacial score (nSPS) is 12.2. The van der Waals surface area contributed by atoms with Crippen molar-refractivity contribution in [1.82, 2.24) is 9.97 Å². The zero-order chi connectivity index (χ0) is 28.1. The SMILES string of the molecule is c1ccc2c(c1)-c1cccc3c(N(c4cccc5c4oc4ccncc45)c4cccc5c4oc4cccnc45)ccc-2c13. The Kier molecular flexibility index (Phi) is 4.39. The van der Waals surface area contributed by atoms with Crippen molar-refractivity contribution in [2.45, 2.75) is 0 Å². The minimum absolute atomic E-state index is 0.758. The average Bonchev–Trinajstić information content (AvgIpc) is 3.74. The summed E-state index contributed by atoms with van der Waals surface area (Å²) in [6, 6.07) is 38.1. The smallest absolute Gasteiger partial charge is 0.161 e. The third kappa shape index (κ3) is 3.00. The summed E-state index contributed by atoms with van der Waals surface area (Å²) >= 11 is 0. The van der Waals surface area contributed by atoms with Crippen LogP contribution in [-0.4, -0.2) is 9.97 Å². The Morgan fingerprint density at radius 2 is 1.16 bits per heavy atom. The summed E-state index contributed by atoms with van der Waals surface area (Å²) in [4.78, 5) is 11.3. The topological polar surface area (TPSA) is 55.3 Å². The highest BCUT2D eigenvalue weighted by Gasteiger charge is 2.28. The van der Waals surface area contributed by atoms with Crippen LogP contribution in [0, 0.1) is 0 Å². The molecule has 0 unspecified atom stereocenters. The Morgan fingerprint density at radius 3 is 2.02 bits per heavy atom. The molecule has 43 heavy (non-hydrogen) atoms. The standard InChI is InChI=1S/C38H21N3O2/c1-2-8-23-22(7-1)24-9-3-11-27-30(17-16-25(23)35(24)27)41(31-13-4-10-26-29-21-39-20-18-33(29)42-37(26)31)32-14-5-12-28-36-34(43-38(28)32)15-6-19-40-36/h1-21H. The summed E-state index contributed by atoms with van der Waals surface area (Å²) in [5, 5.41) is 5.39. The Labute approximate surface area is 245 Å². The maximum atomic E-state index is 6.58. The van der Waals surface area contributed by atoms with Crippen molar-refractivity contribution in [3.05, 3.63) is 128 Å². The van der Waals surface area contributed by atoms with Gasteiger partial charge in [-0.3, -0.25) is 9.97 Å². The molecular formula is C38H21N3O2. The molecule has 0 radical (unpaired) electrons. The van der Waals surface area contributed by atoms with Crippen LogP contribution in [0.25, 0.3) is 77.0 Å². The number of aromatic nitrogens is 2. The summed E-state index contributed by atoms with van der Waals surface area (Å²) in [6.45, 7) is 0. The first-order valence-corrected chi connectivity index (χ1v) is 14.3. The molecule has 0 saturated heterocycles. The number of hydrogen-bond donors (Lipinski definition) is 0. The average molecular weight is 552 g/mol. The minimum Gasteiger partial charge on any atom is -0.454 e. The predicted octanol–water partition coefficient (Wildman–Crippen LogP) is 10.5. The van der Waals surface area contributed by atoms with Gasteiger partial charge in [0.05, 0.1) is 17.1 Å². The van der Waals surface area contributed by atoms with Crippen molar-refractivity contribution in [3.63, 3.8) is 0 Å². The van der Waals surface area contributed by atoms with Crippen molar-refractivity contribution in [2.75, 3.05) is 4.90 Å². The molecule has 200 valence electrons. The molecule has 4 heterocycles. The molecule has 0 aliphatic heterocycles. The van der Waals surface area contributed by atoms with E-state index in [0.29, 0.717) is 0 Å². The van der Waals surface area contributed by atoms with Crippen LogP contribution >= 0.6 is 0 Å². The molecule has 5 heteroatoms. The molecule has 9 aromatic rings. The van der Waals surface area contributed by atoms with E-state index in [-0.39, 0.29) is 0 Å². The van der Waals surface area contributed by atoms with Crippen LogP contribution < -0.4 is 4.90 Å². The molecule has 0 saturated carbocycles. The lowest BCUT2D eigenvalue weighted by Crippen LogP contribution is -2.11. The van der Waals surface area contributed by atoms with E-state index in [1.54, 1.807) is 6.20 Å². The van der Waals surface area contributed by atoms with Gasteiger partial charge in [0.25, 0.3) is 0 Å². The second-order valence-electron chi connectivity index (χ2n) is 11.0. The Morgan fingerprint density at radius 1 is 0.465 bits per heavy atom. The van der Waals surface area contributed by atoms with E-state index in [0.717, 1.165) is 66.5 Å². The highest BCUT2D eigenvalue weighted by atomic mass is 16.3. The number of pyridine rings is 2. The Bertz CT molecular complexity index is 2450. The lowest BCUT2D eigenvalue weighted by atomic mass is 10.00. The van der Waals surface area contributed by atoms with Crippen molar-refractivity contribution in [1.29, 1.82) is 0 Å². The van der Waals surface area contributed by atoms with E-state index >= 15 is 0 Å². The molecule has 1 aliphatic carbocycles. The molecule has 0 atom stereocenters. The largest absolute Gasteiger partial charge is 0.454 e. The third-order valence-corrected chi connectivity index (χ3v) is 8.76. The van der Waals surface area contributed by atoms with Crippen LogP contribution in [0.1, 0.15) is 0 Å². The zero-order valence-corrected chi connectivity index (χ0v) is 22.8. The second-order valence-corrected chi connectivity index (χ2v) is 11.0. The van der Waals surface area contributed by atoms with Crippen LogP contribution in [0.4, 0.5) is 17.1 Å². The van der Waals surface area contributed by atoms with E-state index in [2.05, 4.69) is 106 Å². The highest BCUT2D eigenvalue weighted by Crippen LogP contribution is 2.52. The molecule has 4 aromatic heterocycles. The van der Waals surface area contributed by atoms with Gasteiger partial charge in [-0.1, -0.05) is 66.7 Å². The van der Waals surface area contributed by atoms with Crippen molar-refractivity contribution in [2.24, 2.45) is 0 Å². The van der Waals surface area contributed by atoms with Gasteiger partial charge in [0.15, 0.2) is 16.7 Å². The number of para-hydroxylation sites is 2. The number of hydrogen-bond acceptors (Lipinski definition) is 5. The van der Waals surface area contributed by atoms with Crippen LogP contribution in [-0.2, 0) is 0 Å². The van der Waals surface area contributed by atoms with E-state index in [4.69, 9.17) is 8.83 Å². The van der Waals surface area contributed by atoms with Crippen LogP contribution in [0.2, 0.25) is 0 Å². The lowest BCUT2D eigenvalue weighted by Gasteiger charge is -2.27. The van der Waals surface area contributed by atoms with E-state index < -0.39 is 0 Å². The van der Waals surface area contributed by atoms with Crippen LogP contribution in [0.3, 0.4) is 0 Å². The summed E-state index contributed by atoms with van der Waals surface area (Å²) in [5.41, 5.74) is 11.9. The molecule has 5 aromatic carbocycles. The first kappa shape index (κ1) is 22.7. The van der Waals surface area contributed by atoms with Gasteiger partial charge in [0, 0.05) is 40.1 Å². The first-order chi connectivity index (χ1) is 21.3. The quantitative estimate of drug-likeness (QED) is 0.219. The monoisotopic (exact) mass is 551 g/mol. The highest BCUT2D eigenvalue weighted by molar-refractivity contribution is 6.21. The number of nitrogens with zero attached hydrogens (tertiary/aromatic N) is 3. The number of fused-ring (bicyclic) bond motifs is 9. The number of rotatable bonds is 3. The fourth-order valence-corrected chi connectivity index (χ4v) is 6.96. The van der Waals surface area contributed by atoms with Crippen molar-refractivity contribution >= 4 is 71.8 Å². The number of anilines is 3. The van der Waals surface area contributed by atoms with Gasteiger partial charge in [-0.2, -0.15) is 0 Å². The van der Waals surface area contributed by atoms with E-state index in [1.807, 2.05) is 30.6 Å². The zero-order valence-electron chi connectivity index (χ0n) is 22.8. The molecule has 0 amide bonds. The van der Waals surface area contributed by atoms with Crippen LogP contribution in [0.15, 0.2) is 137 Å². The van der Waals surface area contributed by atoms with Crippen LogP contribution in [0.5, 0.6) is 0 Å². The van der Waals surface area contributed by atoms with Gasteiger partial charge in [0.2, 0.25) is 0 Å². The van der Waals surface area contributed by atoms with E-state index in [9.17, 15) is 0 Å². The van der Waals surface area contributed by atoms with Gasteiger partial charge in [-0.15, -0.1) is 0 Å². The molecule has 1 aliphatic rings. The summed E-state index contributed by atoms with van der Waals surface area (Å²) in [6.07, 6.45) is 5.45. The maximum absolute atomic E-state index is 6.58. The molecule has 5 nitrogen and oxygen atoms in total. The molecule has 10 rings (SSSR count). The fraction of sp³-hybridized carbons (Fsp3) is 0. The molecular weight excluding hydrogens is 530 g/mol. The molecule has 0 spiro atoms. The summed E-state index contributed by atoms with van der Waals surface area (Å²) in [5.74, 6) is 0. The van der Waals surface area contributed by atoms with E-state index in [1.165, 1.54) is 27.6 Å². The number of benzene rings is 5. The summed E-state index contributed by atoms with van der Waals surface area (Å²) in [7, 11) is 0. The molecule has 0 bridgehead atoms. The molecule has 0 fully saturated rings. The fourth-order valence-electron chi connectivity index (χ4n) is 6.96. The summed E-state index contributed by atoms with van der Waals surface area (Å²) < 4.78 is 13.1. The van der Waals surface area contributed by atoms with Gasteiger partial charge < -0.3 is 13.7 Å². The maximum Gasteiger partial charge on any atom is 0.161 e. The first-order valence-electron chi connectivity index (χ1n) is 14.3. The second kappa shape index (κ2) is 8.30. The predicted molar refractivity (Wildman–Crippen MR) is 173 cm³/mol. The van der Waals surface area contributed by atoms with Gasteiger partial charge in [-0.25, -0.2) is 0 Å². The van der Waals surface area contributed by atoms with Gasteiger partial charge >= 0.3 is 0 Å². The number of furan rings is 2. The Hall–Kier alpha value is -5.94. The van der Waals surface area contributed by atoms with Crippen molar-refractivity contribution < 1.29 is 8.83 Å². The third-order valence-electron chi connectivity index (χ3n) is 8.76. The lowest BCUT2D eigenvalue weighted by molar-refractivity contribution is 0.665. The Balaban J connectivity index is 1.34.